The second-order valence-corrected chi connectivity index (χ2v) is 6.17. The number of benzene rings is 1. The molecule has 6 heteroatoms. The van der Waals surface area contributed by atoms with Crippen molar-refractivity contribution in [2.24, 2.45) is 0 Å². The van der Waals surface area contributed by atoms with Crippen LogP contribution in [0.15, 0.2) is 36.7 Å². The summed E-state index contributed by atoms with van der Waals surface area (Å²) in [5, 5.41) is 3.14. The third kappa shape index (κ3) is 4.02. The standard InChI is InChI=1S/C19H25N3O3/c1-3-22-11-10-20-19(22)18-15(8-6-12-25-18)21-17(23)13-14-7-4-5-9-16(14)24-2/h4-5,7,9-11,15,18H,3,6,8,12-13H2,1-2H3,(H,21,23)/t15-,18-/m1/s1. The average molecular weight is 343 g/mol. The Balaban J connectivity index is 1.70. The molecule has 3 rings (SSSR count). The topological polar surface area (TPSA) is 65.4 Å². The molecule has 1 aliphatic rings. The van der Waals surface area contributed by atoms with Gasteiger partial charge in [0.2, 0.25) is 5.91 Å². The Bertz CT molecular complexity index is 713. The quantitative estimate of drug-likeness (QED) is 0.875. The molecule has 6 nitrogen and oxygen atoms in total. The number of para-hydroxylation sites is 1. The van der Waals surface area contributed by atoms with Gasteiger partial charge in [0.1, 0.15) is 17.7 Å². The second-order valence-electron chi connectivity index (χ2n) is 6.17. The molecular weight excluding hydrogens is 318 g/mol. The molecule has 134 valence electrons. The van der Waals surface area contributed by atoms with Crippen molar-refractivity contribution < 1.29 is 14.3 Å². The second kappa shape index (κ2) is 8.16. The van der Waals surface area contributed by atoms with E-state index in [9.17, 15) is 4.79 Å². The summed E-state index contributed by atoms with van der Waals surface area (Å²) in [4.78, 5) is 17.0. The van der Waals surface area contributed by atoms with Crippen LogP contribution in [0.25, 0.3) is 0 Å². The van der Waals surface area contributed by atoms with E-state index >= 15 is 0 Å². The molecule has 1 saturated heterocycles. The molecule has 1 aromatic heterocycles. The van der Waals surface area contributed by atoms with Crippen LogP contribution in [0.5, 0.6) is 5.75 Å². The molecule has 0 unspecified atom stereocenters. The molecule has 0 radical (unpaired) electrons. The smallest absolute Gasteiger partial charge is 0.224 e. The van der Waals surface area contributed by atoms with Gasteiger partial charge in [-0.05, 0) is 25.8 Å². The SMILES string of the molecule is CCn1ccnc1[C@@H]1OCCC[C@H]1NC(=O)Cc1ccccc1OC. The predicted octanol–water partition coefficient (Wildman–Crippen LogP) is 2.49. The molecule has 1 aliphatic heterocycles. The van der Waals surface area contributed by atoms with E-state index in [0.717, 1.165) is 36.5 Å². The Labute approximate surface area is 148 Å². The number of hydrogen-bond acceptors (Lipinski definition) is 4. The zero-order chi connectivity index (χ0) is 17.6. The van der Waals surface area contributed by atoms with Crippen molar-refractivity contribution in [3.63, 3.8) is 0 Å². The van der Waals surface area contributed by atoms with E-state index in [4.69, 9.17) is 9.47 Å². The lowest BCUT2D eigenvalue weighted by Crippen LogP contribution is -2.44. The van der Waals surface area contributed by atoms with Crippen LogP contribution in [0, 0.1) is 0 Å². The third-order valence-electron chi connectivity index (χ3n) is 4.56. The van der Waals surface area contributed by atoms with Gasteiger partial charge >= 0.3 is 0 Å². The van der Waals surface area contributed by atoms with Crippen molar-refractivity contribution in [3.05, 3.63) is 48.0 Å². The lowest BCUT2D eigenvalue weighted by Gasteiger charge is -2.32. The lowest BCUT2D eigenvalue weighted by atomic mass is 10.0. The van der Waals surface area contributed by atoms with Crippen LogP contribution in [-0.2, 0) is 22.5 Å². The number of nitrogens with one attached hydrogen (secondary N) is 1. The fraction of sp³-hybridized carbons (Fsp3) is 0.474. The summed E-state index contributed by atoms with van der Waals surface area (Å²) in [6.07, 6.45) is 5.63. The van der Waals surface area contributed by atoms with E-state index in [1.807, 2.05) is 30.5 Å². The highest BCUT2D eigenvalue weighted by molar-refractivity contribution is 5.79. The monoisotopic (exact) mass is 343 g/mol. The molecule has 2 heterocycles. The summed E-state index contributed by atoms with van der Waals surface area (Å²) in [7, 11) is 1.62. The van der Waals surface area contributed by atoms with Gasteiger partial charge in [-0.25, -0.2) is 4.98 Å². The van der Waals surface area contributed by atoms with Gasteiger partial charge in [-0.15, -0.1) is 0 Å². The van der Waals surface area contributed by atoms with Gasteiger partial charge in [-0.1, -0.05) is 18.2 Å². The summed E-state index contributed by atoms with van der Waals surface area (Å²) in [5.41, 5.74) is 0.880. The molecule has 25 heavy (non-hydrogen) atoms. The van der Waals surface area contributed by atoms with Crippen molar-refractivity contribution in [3.8, 4) is 5.75 Å². The van der Waals surface area contributed by atoms with Crippen molar-refractivity contribution in [1.82, 2.24) is 14.9 Å². The molecule has 2 atom stereocenters. The fourth-order valence-corrected chi connectivity index (χ4v) is 3.31. The van der Waals surface area contributed by atoms with Crippen molar-refractivity contribution in [2.45, 2.75) is 44.9 Å². The molecule has 0 bridgehead atoms. The van der Waals surface area contributed by atoms with E-state index < -0.39 is 0 Å². The Kier molecular flexibility index (Phi) is 5.71. The van der Waals surface area contributed by atoms with Gasteiger partial charge in [0, 0.05) is 31.1 Å². The normalized spacial score (nSPS) is 20.2. The first-order valence-corrected chi connectivity index (χ1v) is 8.76. The van der Waals surface area contributed by atoms with Gasteiger partial charge in [0.25, 0.3) is 0 Å². The summed E-state index contributed by atoms with van der Waals surface area (Å²) >= 11 is 0. The number of hydrogen-bond donors (Lipinski definition) is 1. The van der Waals surface area contributed by atoms with Crippen LogP contribution in [0.4, 0.5) is 0 Å². The molecule has 1 N–H and O–H groups in total. The van der Waals surface area contributed by atoms with Crippen LogP contribution in [-0.4, -0.2) is 35.2 Å². The van der Waals surface area contributed by atoms with Crippen LogP contribution in [0.3, 0.4) is 0 Å². The molecule has 0 aliphatic carbocycles. The number of rotatable bonds is 6. The first-order valence-electron chi connectivity index (χ1n) is 8.76. The van der Waals surface area contributed by atoms with Gasteiger partial charge in [0.05, 0.1) is 19.6 Å². The maximum Gasteiger partial charge on any atom is 0.224 e. The van der Waals surface area contributed by atoms with Crippen molar-refractivity contribution in [2.75, 3.05) is 13.7 Å². The maximum absolute atomic E-state index is 12.6. The van der Waals surface area contributed by atoms with Crippen LogP contribution >= 0.6 is 0 Å². The van der Waals surface area contributed by atoms with E-state index in [1.54, 1.807) is 13.3 Å². The zero-order valence-electron chi connectivity index (χ0n) is 14.8. The summed E-state index contributed by atoms with van der Waals surface area (Å²) in [6.45, 7) is 3.60. The van der Waals surface area contributed by atoms with Crippen LogP contribution in [0.1, 0.15) is 37.3 Å². The van der Waals surface area contributed by atoms with E-state index in [-0.39, 0.29) is 24.5 Å². The summed E-state index contributed by atoms with van der Waals surface area (Å²) in [5.74, 6) is 1.58. The molecular formula is C19H25N3O3. The van der Waals surface area contributed by atoms with Crippen molar-refractivity contribution in [1.29, 1.82) is 0 Å². The van der Waals surface area contributed by atoms with Gasteiger partial charge in [-0.2, -0.15) is 0 Å². The highest BCUT2D eigenvalue weighted by atomic mass is 16.5. The van der Waals surface area contributed by atoms with Gasteiger partial charge in [0.15, 0.2) is 0 Å². The molecule has 1 aromatic carbocycles. The summed E-state index contributed by atoms with van der Waals surface area (Å²) in [6, 6.07) is 7.53. The highest BCUT2D eigenvalue weighted by Gasteiger charge is 2.31. The van der Waals surface area contributed by atoms with E-state index in [0.29, 0.717) is 6.61 Å². The number of aromatic nitrogens is 2. The van der Waals surface area contributed by atoms with E-state index in [2.05, 4.69) is 21.8 Å². The number of aryl methyl sites for hydroxylation is 1. The third-order valence-corrected chi connectivity index (χ3v) is 4.56. The van der Waals surface area contributed by atoms with Crippen molar-refractivity contribution >= 4 is 5.91 Å². The Morgan fingerprint density at radius 2 is 2.28 bits per heavy atom. The largest absolute Gasteiger partial charge is 0.496 e. The van der Waals surface area contributed by atoms with Crippen LogP contribution < -0.4 is 10.1 Å². The molecule has 1 amide bonds. The lowest BCUT2D eigenvalue weighted by molar-refractivity contribution is -0.123. The highest BCUT2D eigenvalue weighted by Crippen LogP contribution is 2.28. The number of imidazole rings is 1. The molecule has 2 aromatic rings. The Hall–Kier alpha value is -2.34. The van der Waals surface area contributed by atoms with Gasteiger partial charge < -0.3 is 19.4 Å². The first-order chi connectivity index (χ1) is 12.2. The first kappa shape index (κ1) is 17.5. The fourth-order valence-electron chi connectivity index (χ4n) is 3.31. The number of amides is 1. The number of carbonyl (C=O) groups excluding carboxylic acids is 1. The number of carbonyl (C=O) groups is 1. The average Bonchev–Trinajstić information content (AvgIpc) is 3.11. The molecule has 0 spiro atoms. The van der Waals surface area contributed by atoms with E-state index in [1.165, 1.54) is 0 Å². The molecule has 0 saturated carbocycles. The van der Waals surface area contributed by atoms with Crippen LogP contribution in [0.2, 0.25) is 0 Å². The predicted molar refractivity (Wildman–Crippen MR) is 94.5 cm³/mol. The zero-order valence-corrected chi connectivity index (χ0v) is 14.8. The number of ether oxygens (including phenoxy) is 2. The Morgan fingerprint density at radius 1 is 1.44 bits per heavy atom. The molecule has 1 fully saturated rings. The minimum Gasteiger partial charge on any atom is -0.496 e. The maximum atomic E-state index is 12.6. The number of nitrogens with zero attached hydrogens (tertiary/aromatic N) is 2. The van der Waals surface area contributed by atoms with Gasteiger partial charge in [-0.3, -0.25) is 4.79 Å². The summed E-state index contributed by atoms with van der Waals surface area (Å²) < 4.78 is 13.3. The number of methoxy groups -OCH3 is 1. The minimum atomic E-state index is -0.203. The minimum absolute atomic E-state index is 0.0281. The Morgan fingerprint density at radius 3 is 3.08 bits per heavy atom.